The van der Waals surface area contributed by atoms with Crippen LogP contribution in [0.4, 0.5) is 0 Å². The van der Waals surface area contributed by atoms with Gasteiger partial charge in [-0.15, -0.1) is 16.4 Å². The van der Waals surface area contributed by atoms with E-state index in [1.54, 1.807) is 11.4 Å². The van der Waals surface area contributed by atoms with Gasteiger partial charge in [0.1, 0.15) is 11.2 Å². The minimum atomic E-state index is -0.576. The number of carbonyl (C=O) groups excluding carboxylic acids is 2. The van der Waals surface area contributed by atoms with Crippen LogP contribution in [-0.4, -0.2) is 44.7 Å². The van der Waals surface area contributed by atoms with Crippen molar-refractivity contribution >= 4 is 23.2 Å². The highest BCUT2D eigenvalue weighted by Gasteiger charge is 2.19. The lowest BCUT2D eigenvalue weighted by atomic mass is 10.1. The van der Waals surface area contributed by atoms with Crippen molar-refractivity contribution in [2.45, 2.75) is 26.8 Å². The zero-order valence-electron chi connectivity index (χ0n) is 12.5. The smallest absolute Gasteiger partial charge is 0.351 e. The third-order valence-corrected chi connectivity index (χ3v) is 4.03. The highest BCUT2D eigenvalue weighted by atomic mass is 32.1. The molecule has 0 aliphatic heterocycles. The second-order valence-electron chi connectivity index (χ2n) is 5.07. The number of amides is 1. The third-order valence-electron chi connectivity index (χ3n) is 3.15. The fraction of sp³-hybridized carbons (Fsp3) is 0.462. The Kier molecular flexibility index (Phi) is 5.21. The van der Waals surface area contributed by atoms with Crippen molar-refractivity contribution in [2.75, 3.05) is 6.61 Å². The lowest BCUT2D eigenvalue weighted by Gasteiger charge is -2.17. The Bertz CT molecular complexity index is 638. The average Bonchev–Trinajstić information content (AvgIpc) is 3.14. The maximum Gasteiger partial charge on any atom is 0.351 e. The van der Waals surface area contributed by atoms with E-state index in [1.807, 2.05) is 20.8 Å². The maximum absolute atomic E-state index is 12.1. The molecule has 1 unspecified atom stereocenters. The van der Waals surface area contributed by atoms with Crippen molar-refractivity contribution in [1.29, 1.82) is 0 Å². The number of hydrogen-bond donors (Lipinski definition) is 1. The van der Waals surface area contributed by atoms with Crippen molar-refractivity contribution in [2.24, 2.45) is 5.92 Å². The Morgan fingerprint density at radius 2 is 2.18 bits per heavy atom. The van der Waals surface area contributed by atoms with Crippen LogP contribution in [0.2, 0.25) is 0 Å². The van der Waals surface area contributed by atoms with Gasteiger partial charge >= 0.3 is 5.97 Å². The molecule has 0 bridgehead atoms. The molecule has 1 amide bonds. The van der Waals surface area contributed by atoms with Gasteiger partial charge in [0.25, 0.3) is 5.91 Å². The Balaban J connectivity index is 1.94. The van der Waals surface area contributed by atoms with Gasteiger partial charge in [0.2, 0.25) is 0 Å². The topological polar surface area (TPSA) is 99.0 Å². The van der Waals surface area contributed by atoms with Gasteiger partial charge in [-0.1, -0.05) is 13.8 Å². The third kappa shape index (κ3) is 3.88. The number of nitrogens with zero attached hydrogens (tertiary/aromatic N) is 4. The first kappa shape index (κ1) is 16.1. The molecule has 0 radical (unpaired) electrons. The normalized spacial score (nSPS) is 12.2. The molecular formula is C13H17N5O3S. The lowest BCUT2D eigenvalue weighted by molar-refractivity contribution is -0.125. The summed E-state index contributed by atoms with van der Waals surface area (Å²) in [5.74, 6) is -0.591. The van der Waals surface area contributed by atoms with E-state index >= 15 is 0 Å². The second-order valence-corrected chi connectivity index (χ2v) is 5.98. The van der Waals surface area contributed by atoms with Crippen LogP contribution < -0.4 is 5.32 Å². The predicted molar refractivity (Wildman–Crippen MR) is 79.8 cm³/mol. The number of carbonyl (C=O) groups is 2. The monoisotopic (exact) mass is 323 g/mol. The summed E-state index contributed by atoms with van der Waals surface area (Å²) in [5, 5.41) is 15.3. The van der Waals surface area contributed by atoms with Gasteiger partial charge < -0.3 is 10.1 Å². The number of aromatic nitrogens is 4. The van der Waals surface area contributed by atoms with E-state index in [2.05, 4.69) is 20.8 Å². The number of thiophene rings is 1. The fourth-order valence-corrected chi connectivity index (χ4v) is 2.34. The SMILES string of the molecule is CC(C)C(C)NC(=O)COC(=O)c1sccc1-n1cnnn1. The summed E-state index contributed by atoms with van der Waals surface area (Å²) in [7, 11) is 0. The van der Waals surface area contributed by atoms with Crippen molar-refractivity contribution in [3.8, 4) is 5.69 Å². The van der Waals surface area contributed by atoms with E-state index in [0.717, 1.165) is 0 Å². The molecule has 2 aromatic heterocycles. The van der Waals surface area contributed by atoms with E-state index in [1.165, 1.54) is 22.3 Å². The lowest BCUT2D eigenvalue weighted by Crippen LogP contribution is -2.38. The number of ether oxygens (including phenoxy) is 1. The first-order valence-electron chi connectivity index (χ1n) is 6.76. The van der Waals surface area contributed by atoms with Crippen LogP contribution in [0.5, 0.6) is 0 Å². The fourth-order valence-electron chi connectivity index (χ4n) is 1.57. The molecule has 1 N–H and O–H groups in total. The van der Waals surface area contributed by atoms with Gasteiger partial charge in [0.05, 0.1) is 5.69 Å². The Morgan fingerprint density at radius 3 is 2.82 bits per heavy atom. The molecule has 9 heteroatoms. The van der Waals surface area contributed by atoms with Crippen LogP contribution in [0.1, 0.15) is 30.4 Å². The maximum atomic E-state index is 12.1. The van der Waals surface area contributed by atoms with Crippen molar-refractivity contribution < 1.29 is 14.3 Å². The molecule has 0 aliphatic carbocycles. The summed E-state index contributed by atoms with van der Waals surface area (Å²) in [6, 6.07) is 1.73. The highest BCUT2D eigenvalue weighted by molar-refractivity contribution is 7.12. The molecule has 2 heterocycles. The predicted octanol–water partition coefficient (Wildman–Crippen LogP) is 1.04. The molecule has 2 aromatic rings. The summed E-state index contributed by atoms with van der Waals surface area (Å²) in [6.45, 7) is 5.59. The molecule has 0 aromatic carbocycles. The van der Waals surface area contributed by atoms with Crippen molar-refractivity contribution in [1.82, 2.24) is 25.5 Å². The first-order chi connectivity index (χ1) is 10.5. The van der Waals surface area contributed by atoms with Crippen molar-refractivity contribution in [3.63, 3.8) is 0 Å². The number of rotatable bonds is 6. The molecule has 118 valence electrons. The molecule has 0 aliphatic rings. The number of esters is 1. The standard InChI is InChI=1S/C13H17N5O3S/c1-8(2)9(3)15-11(19)6-21-13(20)12-10(4-5-22-12)18-7-14-16-17-18/h4-5,7-9H,6H2,1-3H3,(H,15,19). The number of tetrazole rings is 1. The summed E-state index contributed by atoms with van der Waals surface area (Å²) in [4.78, 5) is 24.1. The van der Waals surface area contributed by atoms with Gasteiger partial charge in [-0.05, 0) is 34.7 Å². The molecule has 0 spiro atoms. The Hall–Kier alpha value is -2.29. The quantitative estimate of drug-likeness (QED) is 0.798. The summed E-state index contributed by atoms with van der Waals surface area (Å²) in [5.41, 5.74) is 0.524. The van der Waals surface area contributed by atoms with Gasteiger partial charge in [-0.25, -0.2) is 4.79 Å². The molecule has 0 saturated carbocycles. The van der Waals surface area contributed by atoms with Crippen LogP contribution in [0.15, 0.2) is 17.8 Å². The van der Waals surface area contributed by atoms with Crippen LogP contribution >= 0.6 is 11.3 Å². The van der Waals surface area contributed by atoms with Crippen molar-refractivity contribution in [3.05, 3.63) is 22.7 Å². The summed E-state index contributed by atoms with van der Waals surface area (Å²) < 4.78 is 6.41. The van der Waals surface area contributed by atoms with Crippen LogP contribution in [0, 0.1) is 5.92 Å². The largest absolute Gasteiger partial charge is 0.451 e. The molecule has 22 heavy (non-hydrogen) atoms. The molecule has 0 fully saturated rings. The van der Waals surface area contributed by atoms with E-state index in [9.17, 15) is 9.59 Å². The highest BCUT2D eigenvalue weighted by Crippen LogP contribution is 2.20. The molecule has 1 atom stereocenters. The number of nitrogens with one attached hydrogen (secondary N) is 1. The van der Waals surface area contributed by atoms with Gasteiger partial charge in [0, 0.05) is 6.04 Å². The van der Waals surface area contributed by atoms with Crippen LogP contribution in [-0.2, 0) is 9.53 Å². The van der Waals surface area contributed by atoms with Gasteiger partial charge in [-0.3, -0.25) is 4.79 Å². The second kappa shape index (κ2) is 7.12. The average molecular weight is 323 g/mol. The van der Waals surface area contributed by atoms with E-state index < -0.39 is 5.97 Å². The molecule has 2 rings (SSSR count). The van der Waals surface area contributed by atoms with Crippen LogP contribution in [0.25, 0.3) is 5.69 Å². The summed E-state index contributed by atoms with van der Waals surface area (Å²) >= 11 is 1.20. The number of hydrogen-bond acceptors (Lipinski definition) is 7. The van der Waals surface area contributed by atoms with Gasteiger partial charge in [0.15, 0.2) is 6.61 Å². The van der Waals surface area contributed by atoms with Gasteiger partial charge in [-0.2, -0.15) is 4.68 Å². The summed E-state index contributed by atoms with van der Waals surface area (Å²) in [6.07, 6.45) is 1.38. The van der Waals surface area contributed by atoms with E-state index in [0.29, 0.717) is 16.5 Å². The zero-order chi connectivity index (χ0) is 16.1. The minimum absolute atomic E-state index is 0.0183. The Labute approximate surface area is 131 Å². The van der Waals surface area contributed by atoms with E-state index in [-0.39, 0.29) is 18.6 Å². The first-order valence-corrected chi connectivity index (χ1v) is 7.64. The van der Waals surface area contributed by atoms with Crippen LogP contribution in [0.3, 0.4) is 0 Å². The molecule has 8 nitrogen and oxygen atoms in total. The molecular weight excluding hydrogens is 306 g/mol. The minimum Gasteiger partial charge on any atom is -0.451 e. The molecule has 0 saturated heterocycles. The van der Waals surface area contributed by atoms with E-state index in [4.69, 9.17) is 4.74 Å². The Morgan fingerprint density at radius 1 is 1.41 bits per heavy atom. The zero-order valence-corrected chi connectivity index (χ0v) is 13.3.